The van der Waals surface area contributed by atoms with Crippen LogP contribution < -0.4 is 32.8 Å². The zero-order chi connectivity index (χ0) is 38.9. The molecule has 0 saturated heterocycles. The molecule has 8 aromatic carbocycles. The molecule has 0 atom stereocenters. The maximum atomic E-state index is 5.93. The minimum atomic E-state index is 0.130. The molecule has 0 N–H and O–H groups in total. The van der Waals surface area contributed by atoms with Gasteiger partial charge in [0.15, 0.2) is 0 Å². The van der Waals surface area contributed by atoms with Crippen LogP contribution in [0.25, 0.3) is 60.5 Å². The highest BCUT2D eigenvalue weighted by Crippen LogP contribution is 2.45. The molecule has 2 heteroatoms. The third kappa shape index (κ3) is 5.26. The number of allylic oxidation sites excluding steroid dienone is 4. The zero-order valence-corrected chi connectivity index (χ0v) is 33.2. The van der Waals surface area contributed by atoms with Crippen LogP contribution in [0.3, 0.4) is 0 Å². The summed E-state index contributed by atoms with van der Waals surface area (Å²) in [7, 11) is 0. The lowest BCUT2D eigenvalue weighted by molar-refractivity contribution is 1.43. The Hall–Kier alpha value is -6.55. The smallest absolute Gasteiger partial charge is 0.115 e. The molecule has 0 radical (unpaired) electrons. The first-order chi connectivity index (χ1) is 27.9. The number of terminal acetylenes is 1. The fourth-order valence-electron chi connectivity index (χ4n) is 10.5. The molecule has 0 aliphatic carbocycles. The van der Waals surface area contributed by atoms with Crippen molar-refractivity contribution >= 4 is 73.3 Å². The van der Waals surface area contributed by atoms with Gasteiger partial charge in [0, 0.05) is 0 Å². The minimum absolute atomic E-state index is 0.130. The number of rotatable bonds is 5. The molecular weight excluding hydrogens is 682 g/mol. The van der Waals surface area contributed by atoms with Gasteiger partial charge in [-0.1, -0.05) is 194 Å². The number of aryl methyl sites for hydroxylation is 4. The molecule has 0 fully saturated rings. The van der Waals surface area contributed by atoms with E-state index in [0.29, 0.717) is 0 Å². The molecule has 0 saturated carbocycles. The molecule has 10 rings (SSSR count). The topological polar surface area (TPSA) is 0 Å². The molecular formula is C55H42B2. The Morgan fingerprint density at radius 1 is 0.491 bits per heavy atom. The van der Waals surface area contributed by atoms with E-state index in [4.69, 9.17) is 6.42 Å². The van der Waals surface area contributed by atoms with Crippen LogP contribution in [0.15, 0.2) is 158 Å². The third-order valence-electron chi connectivity index (χ3n) is 12.9. The average Bonchev–Trinajstić information content (AvgIpc) is 3.71. The van der Waals surface area contributed by atoms with Gasteiger partial charge in [0.1, 0.15) is 0 Å². The summed E-state index contributed by atoms with van der Waals surface area (Å²) in [6.07, 6.45) is 12.1. The number of hydrogen-bond acceptors (Lipinski definition) is 0. The highest BCUT2D eigenvalue weighted by Gasteiger charge is 2.38. The van der Waals surface area contributed by atoms with E-state index in [1.54, 1.807) is 0 Å². The first-order valence-corrected chi connectivity index (χ1v) is 20.2. The van der Waals surface area contributed by atoms with Gasteiger partial charge in [0.05, 0.1) is 0 Å². The van der Waals surface area contributed by atoms with Gasteiger partial charge in [-0.2, -0.15) is 0 Å². The summed E-state index contributed by atoms with van der Waals surface area (Å²) in [5.74, 6) is 2.80. The minimum Gasteiger partial charge on any atom is -0.115 e. The molecule has 0 unspecified atom stereocenters. The van der Waals surface area contributed by atoms with E-state index in [2.05, 4.69) is 192 Å². The maximum Gasteiger partial charge on any atom is 0.243 e. The predicted molar refractivity (Wildman–Crippen MR) is 251 cm³/mol. The van der Waals surface area contributed by atoms with Crippen molar-refractivity contribution in [1.82, 2.24) is 0 Å². The Bertz CT molecular complexity index is 3040. The lowest BCUT2D eigenvalue weighted by atomic mass is 9.37. The van der Waals surface area contributed by atoms with Gasteiger partial charge in [-0.25, -0.2) is 0 Å². The summed E-state index contributed by atoms with van der Waals surface area (Å²) >= 11 is 0. The van der Waals surface area contributed by atoms with Crippen molar-refractivity contribution in [3.05, 3.63) is 186 Å². The first kappa shape index (κ1) is 34.9. The summed E-state index contributed by atoms with van der Waals surface area (Å²) in [6, 6.07) is 52.7. The van der Waals surface area contributed by atoms with Crippen LogP contribution in [0.5, 0.6) is 0 Å². The zero-order valence-electron chi connectivity index (χ0n) is 33.2. The Morgan fingerprint density at radius 2 is 0.947 bits per heavy atom. The van der Waals surface area contributed by atoms with Crippen LogP contribution in [-0.2, 0) is 0 Å². The molecule has 0 bridgehead atoms. The summed E-state index contributed by atoms with van der Waals surface area (Å²) in [6.45, 7) is 11.5. The fraction of sp³-hybridized carbons (Fsp3) is 0.0909. The maximum absolute atomic E-state index is 5.93. The van der Waals surface area contributed by atoms with Crippen LogP contribution in [0.2, 0.25) is 0 Å². The molecule has 0 aromatic heterocycles. The van der Waals surface area contributed by atoms with E-state index in [9.17, 15) is 0 Å². The Balaban J connectivity index is 1.40. The second-order valence-electron chi connectivity index (χ2n) is 16.0. The SMILES string of the molecule is C#C/C=C\C(=C/C)c1c2cc3c(cc2c(-c2ccccc2)c2cc4c(cc12)B(c1c(C)cccc1C)c1ccccc1-4)B(c1c(C)cccc1C)c1ccccc1-3. The fourth-order valence-corrected chi connectivity index (χ4v) is 10.5. The van der Waals surface area contributed by atoms with Gasteiger partial charge in [0.25, 0.3) is 0 Å². The van der Waals surface area contributed by atoms with Crippen LogP contribution in [0.4, 0.5) is 0 Å². The van der Waals surface area contributed by atoms with Crippen molar-refractivity contribution in [2.45, 2.75) is 34.6 Å². The first-order valence-electron chi connectivity index (χ1n) is 20.2. The van der Waals surface area contributed by atoms with Crippen molar-refractivity contribution in [3.63, 3.8) is 0 Å². The lowest BCUT2D eigenvalue weighted by Crippen LogP contribution is -2.51. The van der Waals surface area contributed by atoms with E-state index in [1.165, 1.54) is 116 Å². The van der Waals surface area contributed by atoms with Gasteiger partial charge in [-0.15, -0.1) is 6.42 Å². The number of hydrogen-bond donors (Lipinski definition) is 0. The average molecular weight is 725 g/mol. The number of benzene rings is 8. The molecule has 0 nitrogen and oxygen atoms in total. The van der Waals surface area contributed by atoms with Crippen molar-refractivity contribution in [2.75, 3.05) is 0 Å². The van der Waals surface area contributed by atoms with E-state index >= 15 is 0 Å². The van der Waals surface area contributed by atoms with E-state index < -0.39 is 0 Å². The second-order valence-corrected chi connectivity index (χ2v) is 16.0. The Kier molecular flexibility index (Phi) is 8.32. The Labute approximate surface area is 337 Å². The van der Waals surface area contributed by atoms with Crippen LogP contribution >= 0.6 is 0 Å². The molecule has 0 amide bonds. The van der Waals surface area contributed by atoms with Crippen LogP contribution in [0.1, 0.15) is 34.7 Å². The quantitative estimate of drug-likeness (QED) is 0.0719. The van der Waals surface area contributed by atoms with Crippen LogP contribution in [-0.4, -0.2) is 13.4 Å². The van der Waals surface area contributed by atoms with Gasteiger partial charge < -0.3 is 0 Å². The molecule has 0 spiro atoms. The van der Waals surface area contributed by atoms with Crippen molar-refractivity contribution in [1.29, 1.82) is 0 Å². The molecule has 2 heterocycles. The number of fused-ring (bicyclic) bond motifs is 8. The summed E-state index contributed by atoms with van der Waals surface area (Å²) in [4.78, 5) is 0. The Morgan fingerprint density at radius 3 is 1.47 bits per heavy atom. The molecule has 8 aromatic rings. The normalized spacial score (nSPS) is 12.9. The summed E-state index contributed by atoms with van der Waals surface area (Å²) in [5, 5.41) is 5.01. The lowest BCUT2D eigenvalue weighted by Gasteiger charge is -2.23. The van der Waals surface area contributed by atoms with Gasteiger partial charge in [-0.3, -0.25) is 0 Å². The van der Waals surface area contributed by atoms with Gasteiger partial charge >= 0.3 is 0 Å². The van der Waals surface area contributed by atoms with E-state index in [-0.39, 0.29) is 13.4 Å². The third-order valence-corrected chi connectivity index (χ3v) is 12.9. The van der Waals surface area contributed by atoms with Crippen molar-refractivity contribution in [2.24, 2.45) is 0 Å². The highest BCUT2D eigenvalue weighted by molar-refractivity contribution is 7.00. The molecule has 2 aliphatic heterocycles. The predicted octanol–water partition coefficient (Wildman–Crippen LogP) is 9.48. The van der Waals surface area contributed by atoms with Crippen molar-refractivity contribution in [3.8, 4) is 45.7 Å². The summed E-state index contributed by atoms with van der Waals surface area (Å²) < 4.78 is 0. The molecule has 2 aliphatic rings. The molecule has 57 heavy (non-hydrogen) atoms. The standard InChI is InChI=1S/C55H42B2/c1-7-9-23-38(8-2)52-44-30-42-40-26-13-15-28-48(40)57(55-36(5)21-18-22-37(55)6)51(42)33-47(44)53(39-24-11-10-12-25-39)45-31-43-41-27-14-16-29-49(41)56(50(43)32-46(45)52)54-34(3)19-17-20-35(54)4/h1,8-33H,2-6H3/b23-9-,38-8+. The molecule has 268 valence electrons. The van der Waals surface area contributed by atoms with E-state index in [1.807, 2.05) is 6.08 Å². The highest BCUT2D eigenvalue weighted by atomic mass is 14.3. The monoisotopic (exact) mass is 724 g/mol. The van der Waals surface area contributed by atoms with Gasteiger partial charge in [-0.05, 0) is 125 Å². The largest absolute Gasteiger partial charge is 0.243 e. The van der Waals surface area contributed by atoms with Gasteiger partial charge in [0.2, 0.25) is 13.4 Å². The second kappa shape index (κ2) is 13.6. The van der Waals surface area contributed by atoms with E-state index in [0.717, 1.165) is 5.57 Å². The van der Waals surface area contributed by atoms with Crippen LogP contribution in [0, 0.1) is 40.0 Å². The summed E-state index contributed by atoms with van der Waals surface area (Å²) in [5.41, 5.74) is 23.7. The van der Waals surface area contributed by atoms with Crippen molar-refractivity contribution < 1.29 is 0 Å².